The quantitative estimate of drug-likeness (QED) is 0.258. The van der Waals surface area contributed by atoms with E-state index in [9.17, 15) is 24.3 Å². The lowest BCUT2D eigenvalue weighted by Gasteiger charge is -2.22. The molecule has 0 spiro atoms. The van der Waals surface area contributed by atoms with Gasteiger partial charge in [-0.3, -0.25) is 14.4 Å². The van der Waals surface area contributed by atoms with E-state index in [0.29, 0.717) is 6.54 Å². The second kappa shape index (κ2) is 9.43. The number of carbonyl (C=O) groups is 4. The zero-order valence-electron chi connectivity index (χ0n) is 16.2. The van der Waals surface area contributed by atoms with Gasteiger partial charge in [-0.05, 0) is 32.8 Å². The van der Waals surface area contributed by atoms with E-state index in [1.54, 1.807) is 32.9 Å². The molecule has 0 fully saturated rings. The second-order valence-electron chi connectivity index (χ2n) is 7.39. The zero-order valence-corrected chi connectivity index (χ0v) is 16.2. The molecule has 0 aliphatic heterocycles. The summed E-state index contributed by atoms with van der Waals surface area (Å²) in [6, 6.07) is 6.01. The second-order valence-corrected chi connectivity index (χ2v) is 7.39. The van der Waals surface area contributed by atoms with Crippen LogP contribution in [0.5, 0.6) is 0 Å². The predicted molar refractivity (Wildman–Crippen MR) is 99.7 cm³/mol. The molecule has 0 heterocycles. The Bertz CT molecular complexity index is 738. The van der Waals surface area contributed by atoms with Crippen LogP contribution in [0.15, 0.2) is 24.3 Å². The van der Waals surface area contributed by atoms with Crippen LogP contribution < -0.4 is 11.1 Å². The Morgan fingerprint density at radius 1 is 1.07 bits per heavy atom. The third-order valence-electron chi connectivity index (χ3n) is 3.75. The highest BCUT2D eigenvalue weighted by Gasteiger charge is 2.42. The van der Waals surface area contributed by atoms with Crippen molar-refractivity contribution in [1.29, 1.82) is 0 Å². The van der Waals surface area contributed by atoms with Gasteiger partial charge in [0.15, 0.2) is 11.3 Å². The Kier molecular flexibility index (Phi) is 7.83. The van der Waals surface area contributed by atoms with E-state index in [1.807, 2.05) is 0 Å². The summed E-state index contributed by atoms with van der Waals surface area (Å²) in [6.45, 7) is 5.65. The van der Waals surface area contributed by atoms with Crippen molar-refractivity contribution < 1.29 is 34.1 Å². The fraction of sp³-hybridized carbons (Fsp3) is 0.474. The van der Waals surface area contributed by atoms with Crippen molar-refractivity contribution in [1.82, 2.24) is 5.32 Å². The molecule has 0 radical (unpaired) electrons. The summed E-state index contributed by atoms with van der Waals surface area (Å²) in [5.41, 5.74) is 3.63. The average Bonchev–Trinajstić information content (AvgIpc) is 2.57. The molecule has 5 N–H and O–H groups in total. The number of aliphatic carboxylic acids is 2. The molecule has 0 aliphatic carbocycles. The molecular weight excluding hydrogens is 368 g/mol. The van der Waals surface area contributed by atoms with Crippen LogP contribution >= 0.6 is 0 Å². The molecule has 0 aromatic heterocycles. The van der Waals surface area contributed by atoms with Gasteiger partial charge in [-0.15, -0.1) is 0 Å². The highest BCUT2D eigenvalue weighted by molar-refractivity contribution is 6.16. The number of Topliss-reactive ketones (excluding diaryl/α,β-unsaturated/α-hetero) is 1. The molecule has 0 amide bonds. The fourth-order valence-electron chi connectivity index (χ4n) is 2.34. The van der Waals surface area contributed by atoms with E-state index < -0.39 is 47.7 Å². The summed E-state index contributed by atoms with van der Waals surface area (Å²) in [4.78, 5) is 46.3. The number of benzene rings is 1. The summed E-state index contributed by atoms with van der Waals surface area (Å²) in [6.07, 6.45) is -1.06. The van der Waals surface area contributed by atoms with E-state index in [0.717, 1.165) is 5.56 Å². The van der Waals surface area contributed by atoms with Crippen molar-refractivity contribution >= 4 is 23.7 Å². The maximum Gasteiger partial charge on any atom is 0.331 e. The summed E-state index contributed by atoms with van der Waals surface area (Å²) in [7, 11) is 0. The van der Waals surface area contributed by atoms with E-state index in [2.05, 4.69) is 5.32 Å². The molecule has 154 valence electrons. The third kappa shape index (κ3) is 7.09. The molecule has 0 saturated carbocycles. The van der Waals surface area contributed by atoms with Gasteiger partial charge < -0.3 is 26.0 Å². The minimum Gasteiger partial charge on any atom is -0.481 e. The summed E-state index contributed by atoms with van der Waals surface area (Å²) >= 11 is 0. The maximum atomic E-state index is 12.5. The number of carbonyl (C=O) groups excluding carboxylic acids is 2. The van der Waals surface area contributed by atoms with Gasteiger partial charge in [0, 0.05) is 18.5 Å². The number of nitrogens with one attached hydrogen (secondary N) is 1. The highest BCUT2D eigenvalue weighted by Crippen LogP contribution is 2.18. The van der Waals surface area contributed by atoms with Crippen LogP contribution in [0, 0.1) is 0 Å². The minimum atomic E-state index is -2.31. The Balaban J connectivity index is 2.72. The normalized spacial score (nSPS) is 13.4. The van der Waals surface area contributed by atoms with Crippen molar-refractivity contribution in [3.63, 3.8) is 0 Å². The number of ketones is 1. The standard InChI is InChI=1S/C19H26N2O7/c1-18(2,3)28-15(24)11-21-10-12-4-6-13(7-5-12)16(25)19(20,17(26)27)9-8-14(22)23/h4-7,21H,8-11,20H2,1-3H3,(H,22,23)(H,26,27). The molecule has 28 heavy (non-hydrogen) atoms. The highest BCUT2D eigenvalue weighted by atomic mass is 16.6. The van der Waals surface area contributed by atoms with E-state index >= 15 is 0 Å². The largest absolute Gasteiger partial charge is 0.481 e. The molecule has 0 bridgehead atoms. The van der Waals surface area contributed by atoms with E-state index in [1.165, 1.54) is 12.1 Å². The third-order valence-corrected chi connectivity index (χ3v) is 3.75. The lowest BCUT2D eigenvalue weighted by molar-refractivity contribution is -0.153. The Hall–Kier alpha value is -2.78. The van der Waals surface area contributed by atoms with Crippen LogP contribution in [-0.2, 0) is 25.7 Å². The molecule has 1 rings (SSSR count). The minimum absolute atomic E-state index is 0.0120. The first-order valence-electron chi connectivity index (χ1n) is 8.65. The molecular formula is C19H26N2O7. The molecule has 0 aliphatic rings. The Labute approximate surface area is 162 Å². The molecule has 1 aromatic carbocycles. The number of rotatable bonds is 10. The average molecular weight is 394 g/mol. The molecule has 9 nitrogen and oxygen atoms in total. The van der Waals surface area contributed by atoms with Gasteiger partial charge in [-0.25, -0.2) is 4.79 Å². The number of esters is 1. The molecule has 1 aromatic rings. The van der Waals surface area contributed by atoms with Gasteiger partial charge in [0.05, 0.1) is 6.54 Å². The zero-order chi connectivity index (χ0) is 21.5. The van der Waals surface area contributed by atoms with Crippen molar-refractivity contribution in [2.75, 3.05) is 6.54 Å². The van der Waals surface area contributed by atoms with Crippen LogP contribution in [0.4, 0.5) is 0 Å². The Morgan fingerprint density at radius 2 is 1.64 bits per heavy atom. The summed E-state index contributed by atoms with van der Waals surface area (Å²) < 4.78 is 5.17. The van der Waals surface area contributed by atoms with Crippen LogP contribution in [-0.4, -0.2) is 51.6 Å². The topological polar surface area (TPSA) is 156 Å². The first-order valence-corrected chi connectivity index (χ1v) is 8.65. The summed E-state index contributed by atoms with van der Waals surface area (Å²) in [5.74, 6) is -4.08. The van der Waals surface area contributed by atoms with Gasteiger partial charge >= 0.3 is 17.9 Å². The molecule has 9 heteroatoms. The first-order chi connectivity index (χ1) is 12.8. The lowest BCUT2D eigenvalue weighted by atomic mass is 9.85. The lowest BCUT2D eigenvalue weighted by Crippen LogP contribution is -2.55. The van der Waals surface area contributed by atoms with Gasteiger partial charge in [0.2, 0.25) is 0 Å². The Morgan fingerprint density at radius 3 is 2.11 bits per heavy atom. The van der Waals surface area contributed by atoms with Crippen LogP contribution in [0.1, 0.15) is 49.5 Å². The van der Waals surface area contributed by atoms with Crippen molar-refractivity contribution in [3.8, 4) is 0 Å². The molecule has 0 saturated heterocycles. The summed E-state index contributed by atoms with van der Waals surface area (Å²) in [5, 5.41) is 20.9. The SMILES string of the molecule is CC(C)(C)OC(=O)CNCc1ccc(C(=O)C(N)(CCC(=O)O)C(=O)O)cc1. The van der Waals surface area contributed by atoms with Crippen LogP contribution in [0.2, 0.25) is 0 Å². The number of hydrogen-bond donors (Lipinski definition) is 4. The maximum absolute atomic E-state index is 12.5. The first kappa shape index (κ1) is 23.3. The number of hydrogen-bond acceptors (Lipinski definition) is 7. The smallest absolute Gasteiger partial charge is 0.331 e. The van der Waals surface area contributed by atoms with E-state index in [-0.39, 0.29) is 12.1 Å². The van der Waals surface area contributed by atoms with Crippen molar-refractivity contribution in [2.45, 2.75) is 51.3 Å². The molecule has 1 atom stereocenters. The van der Waals surface area contributed by atoms with Crippen molar-refractivity contribution in [3.05, 3.63) is 35.4 Å². The van der Waals surface area contributed by atoms with Gasteiger partial charge in [-0.2, -0.15) is 0 Å². The van der Waals surface area contributed by atoms with Crippen LogP contribution in [0.3, 0.4) is 0 Å². The van der Waals surface area contributed by atoms with Gasteiger partial charge in [0.1, 0.15) is 5.60 Å². The monoisotopic (exact) mass is 394 g/mol. The van der Waals surface area contributed by atoms with Crippen LogP contribution in [0.25, 0.3) is 0 Å². The number of carboxylic acids is 2. The fourth-order valence-corrected chi connectivity index (χ4v) is 2.34. The number of nitrogens with two attached hydrogens (primary N) is 1. The van der Waals surface area contributed by atoms with Gasteiger partial charge in [0.25, 0.3) is 0 Å². The predicted octanol–water partition coefficient (Wildman–Crippen LogP) is 0.948. The number of carboxylic acid groups (broad SMARTS) is 2. The number of ether oxygens (including phenoxy) is 1. The van der Waals surface area contributed by atoms with Gasteiger partial charge in [-0.1, -0.05) is 24.3 Å². The van der Waals surface area contributed by atoms with Crippen molar-refractivity contribution in [2.24, 2.45) is 5.73 Å². The molecule has 1 unspecified atom stereocenters. The van der Waals surface area contributed by atoms with E-state index in [4.69, 9.17) is 15.6 Å².